The van der Waals surface area contributed by atoms with Gasteiger partial charge in [0, 0.05) is 11.1 Å². The third-order valence-electron chi connectivity index (χ3n) is 3.17. The minimum atomic E-state index is 0.746. The number of pyridine rings is 1. The summed E-state index contributed by atoms with van der Waals surface area (Å²) in [6.07, 6.45) is 3.11. The standard InChI is InChI=1S/C15H20N2/c1-3-12-6-4-8-14-13(7-5-9-16)10-11(2)17-15(12)14/h4,6,8,10H,3,5,7,9,16H2,1-2H3. The molecule has 0 unspecified atom stereocenters. The van der Waals surface area contributed by atoms with Gasteiger partial charge in [-0.1, -0.05) is 25.1 Å². The molecule has 0 saturated heterocycles. The Hall–Kier alpha value is -1.41. The minimum Gasteiger partial charge on any atom is -0.330 e. The van der Waals surface area contributed by atoms with Crippen LogP contribution >= 0.6 is 0 Å². The van der Waals surface area contributed by atoms with Crippen LogP contribution < -0.4 is 5.73 Å². The van der Waals surface area contributed by atoms with Crippen molar-refractivity contribution in [3.8, 4) is 0 Å². The monoisotopic (exact) mass is 228 g/mol. The summed E-state index contributed by atoms with van der Waals surface area (Å²) in [5.41, 5.74) is 10.6. The van der Waals surface area contributed by atoms with Gasteiger partial charge in [-0.3, -0.25) is 4.98 Å². The second-order valence-electron chi connectivity index (χ2n) is 4.48. The summed E-state index contributed by atoms with van der Waals surface area (Å²) in [7, 11) is 0. The summed E-state index contributed by atoms with van der Waals surface area (Å²) >= 11 is 0. The summed E-state index contributed by atoms with van der Waals surface area (Å²) < 4.78 is 0. The summed E-state index contributed by atoms with van der Waals surface area (Å²) in [6, 6.07) is 8.66. The maximum absolute atomic E-state index is 5.60. The molecule has 0 amide bonds. The molecule has 0 radical (unpaired) electrons. The number of hydrogen-bond acceptors (Lipinski definition) is 2. The van der Waals surface area contributed by atoms with E-state index in [1.54, 1.807) is 0 Å². The molecule has 2 nitrogen and oxygen atoms in total. The fraction of sp³-hybridized carbons (Fsp3) is 0.400. The van der Waals surface area contributed by atoms with Gasteiger partial charge in [0.15, 0.2) is 0 Å². The van der Waals surface area contributed by atoms with Gasteiger partial charge in [-0.05, 0) is 49.9 Å². The Kier molecular flexibility index (Phi) is 3.75. The van der Waals surface area contributed by atoms with Gasteiger partial charge in [-0.15, -0.1) is 0 Å². The average molecular weight is 228 g/mol. The quantitative estimate of drug-likeness (QED) is 0.873. The molecule has 0 aliphatic carbocycles. The largest absolute Gasteiger partial charge is 0.330 e. The van der Waals surface area contributed by atoms with Crippen molar-refractivity contribution >= 4 is 10.9 Å². The van der Waals surface area contributed by atoms with Crippen LogP contribution in [0.5, 0.6) is 0 Å². The minimum absolute atomic E-state index is 0.746. The number of hydrogen-bond donors (Lipinski definition) is 1. The van der Waals surface area contributed by atoms with Crippen LogP contribution in [0.4, 0.5) is 0 Å². The fourth-order valence-electron chi connectivity index (χ4n) is 2.31. The topological polar surface area (TPSA) is 38.9 Å². The molecule has 2 N–H and O–H groups in total. The fourth-order valence-corrected chi connectivity index (χ4v) is 2.31. The zero-order valence-electron chi connectivity index (χ0n) is 10.7. The van der Waals surface area contributed by atoms with Gasteiger partial charge in [-0.2, -0.15) is 0 Å². The summed E-state index contributed by atoms with van der Waals surface area (Å²) in [5, 5.41) is 1.29. The molecule has 0 spiro atoms. The number of rotatable bonds is 4. The Bertz CT molecular complexity index is 518. The highest BCUT2D eigenvalue weighted by molar-refractivity contribution is 5.85. The Balaban J connectivity index is 2.59. The molecule has 2 heteroatoms. The maximum Gasteiger partial charge on any atom is 0.0739 e. The SMILES string of the molecule is CCc1cccc2c(CCCN)cc(C)nc12. The normalized spacial score (nSPS) is 11.0. The molecule has 0 aliphatic rings. The van der Waals surface area contributed by atoms with E-state index in [9.17, 15) is 0 Å². The van der Waals surface area contributed by atoms with Crippen molar-refractivity contribution in [1.82, 2.24) is 4.98 Å². The lowest BCUT2D eigenvalue weighted by Gasteiger charge is -2.10. The van der Waals surface area contributed by atoms with Gasteiger partial charge in [0.2, 0.25) is 0 Å². The van der Waals surface area contributed by atoms with Crippen molar-refractivity contribution in [2.75, 3.05) is 6.54 Å². The number of aryl methyl sites for hydroxylation is 3. The van der Waals surface area contributed by atoms with Crippen molar-refractivity contribution in [1.29, 1.82) is 0 Å². The molecule has 0 aliphatic heterocycles. The number of fused-ring (bicyclic) bond motifs is 1. The molecule has 0 fully saturated rings. The molecule has 1 heterocycles. The van der Waals surface area contributed by atoms with Crippen LogP contribution in [0.15, 0.2) is 24.3 Å². The highest BCUT2D eigenvalue weighted by Gasteiger charge is 2.06. The highest BCUT2D eigenvalue weighted by atomic mass is 14.7. The smallest absolute Gasteiger partial charge is 0.0739 e. The van der Waals surface area contributed by atoms with E-state index in [2.05, 4.69) is 43.1 Å². The molecular weight excluding hydrogens is 208 g/mol. The van der Waals surface area contributed by atoms with Gasteiger partial charge in [0.25, 0.3) is 0 Å². The van der Waals surface area contributed by atoms with Crippen molar-refractivity contribution in [3.05, 3.63) is 41.1 Å². The Morgan fingerprint density at radius 2 is 2.06 bits per heavy atom. The first-order valence-corrected chi connectivity index (χ1v) is 6.34. The van der Waals surface area contributed by atoms with E-state index in [1.807, 2.05) is 0 Å². The Labute approximate surface area is 103 Å². The number of nitrogens with two attached hydrogens (primary N) is 1. The lowest BCUT2D eigenvalue weighted by molar-refractivity contribution is 0.835. The molecule has 2 aromatic rings. The van der Waals surface area contributed by atoms with Crippen LogP contribution in [0.3, 0.4) is 0 Å². The zero-order chi connectivity index (χ0) is 12.3. The van der Waals surface area contributed by atoms with E-state index in [4.69, 9.17) is 5.73 Å². The number of aromatic nitrogens is 1. The van der Waals surface area contributed by atoms with Crippen LogP contribution in [0.25, 0.3) is 10.9 Å². The molecule has 17 heavy (non-hydrogen) atoms. The predicted octanol–water partition coefficient (Wildman–Crippen LogP) is 3.00. The van der Waals surface area contributed by atoms with Crippen molar-refractivity contribution in [2.24, 2.45) is 5.73 Å². The predicted molar refractivity (Wildman–Crippen MR) is 73.2 cm³/mol. The third kappa shape index (κ3) is 2.47. The van der Waals surface area contributed by atoms with E-state index < -0.39 is 0 Å². The molecular formula is C15H20N2. The second kappa shape index (κ2) is 5.28. The van der Waals surface area contributed by atoms with Gasteiger partial charge in [0.05, 0.1) is 5.52 Å². The van der Waals surface area contributed by atoms with Crippen LogP contribution in [-0.2, 0) is 12.8 Å². The van der Waals surface area contributed by atoms with Crippen LogP contribution in [-0.4, -0.2) is 11.5 Å². The van der Waals surface area contributed by atoms with E-state index in [1.165, 1.54) is 22.0 Å². The van der Waals surface area contributed by atoms with Crippen LogP contribution in [0.2, 0.25) is 0 Å². The van der Waals surface area contributed by atoms with Crippen LogP contribution in [0.1, 0.15) is 30.2 Å². The number of benzene rings is 1. The first kappa shape index (κ1) is 12.1. The van der Waals surface area contributed by atoms with Crippen molar-refractivity contribution in [3.63, 3.8) is 0 Å². The summed E-state index contributed by atoms with van der Waals surface area (Å²) in [4.78, 5) is 4.68. The number of para-hydroxylation sites is 1. The van der Waals surface area contributed by atoms with Gasteiger partial charge in [-0.25, -0.2) is 0 Å². The zero-order valence-corrected chi connectivity index (χ0v) is 10.7. The molecule has 1 aromatic carbocycles. The first-order chi connectivity index (χ1) is 8.26. The molecule has 1 aromatic heterocycles. The molecule has 0 saturated carbocycles. The summed E-state index contributed by atoms with van der Waals surface area (Å²) in [6.45, 7) is 4.99. The molecule has 90 valence electrons. The average Bonchev–Trinajstić information content (AvgIpc) is 2.35. The Morgan fingerprint density at radius 3 is 2.76 bits per heavy atom. The van der Waals surface area contributed by atoms with Gasteiger partial charge >= 0.3 is 0 Å². The van der Waals surface area contributed by atoms with Crippen molar-refractivity contribution < 1.29 is 0 Å². The van der Waals surface area contributed by atoms with E-state index in [0.29, 0.717) is 0 Å². The summed E-state index contributed by atoms with van der Waals surface area (Å²) in [5.74, 6) is 0. The van der Waals surface area contributed by atoms with E-state index in [-0.39, 0.29) is 0 Å². The van der Waals surface area contributed by atoms with Crippen molar-refractivity contribution in [2.45, 2.75) is 33.1 Å². The number of nitrogens with zero attached hydrogens (tertiary/aromatic N) is 1. The third-order valence-corrected chi connectivity index (χ3v) is 3.17. The highest BCUT2D eigenvalue weighted by Crippen LogP contribution is 2.23. The Morgan fingerprint density at radius 1 is 1.24 bits per heavy atom. The second-order valence-corrected chi connectivity index (χ2v) is 4.48. The maximum atomic E-state index is 5.60. The lowest BCUT2D eigenvalue weighted by Crippen LogP contribution is -2.02. The van der Waals surface area contributed by atoms with E-state index >= 15 is 0 Å². The van der Waals surface area contributed by atoms with E-state index in [0.717, 1.165) is 31.5 Å². The van der Waals surface area contributed by atoms with Gasteiger partial charge < -0.3 is 5.73 Å². The van der Waals surface area contributed by atoms with Crippen LogP contribution in [0, 0.1) is 6.92 Å². The van der Waals surface area contributed by atoms with Gasteiger partial charge in [0.1, 0.15) is 0 Å². The molecule has 2 rings (SSSR count). The molecule has 0 atom stereocenters. The molecule has 0 bridgehead atoms. The lowest BCUT2D eigenvalue weighted by atomic mass is 10.00. The first-order valence-electron chi connectivity index (χ1n) is 6.34.